The number of rotatable bonds is 11. The van der Waals surface area contributed by atoms with E-state index < -0.39 is 10.4 Å². The molecule has 0 aromatic carbocycles. The predicted molar refractivity (Wildman–Crippen MR) is 99.8 cm³/mol. The van der Waals surface area contributed by atoms with Crippen LogP contribution in [0.3, 0.4) is 0 Å². The van der Waals surface area contributed by atoms with Gasteiger partial charge in [0.05, 0.1) is 0 Å². The van der Waals surface area contributed by atoms with Gasteiger partial charge in [0.25, 0.3) is 0 Å². The molecule has 0 unspecified atom stereocenters. The summed E-state index contributed by atoms with van der Waals surface area (Å²) in [6, 6.07) is 0. The van der Waals surface area contributed by atoms with Crippen molar-refractivity contribution < 1.29 is 22.3 Å². The van der Waals surface area contributed by atoms with Gasteiger partial charge < -0.3 is 4.79 Å². The number of carbonyl (C=O) groups excluding carboxylic acids is 1. The summed E-state index contributed by atoms with van der Waals surface area (Å²) in [6.07, 6.45) is 18.2. The zero-order chi connectivity index (χ0) is 17.7. The van der Waals surface area contributed by atoms with Crippen molar-refractivity contribution in [2.45, 2.75) is 97.8 Å². The van der Waals surface area contributed by atoms with Gasteiger partial charge in [0.1, 0.15) is 6.29 Å². The SMILES string of the molecule is CC=O.CCCCCCCCCCCCCC.O=S(=O)(O)O.[NaH]. The van der Waals surface area contributed by atoms with Crippen molar-refractivity contribution in [3.63, 3.8) is 0 Å². The third-order valence-corrected chi connectivity index (χ3v) is 2.96. The van der Waals surface area contributed by atoms with Crippen LogP contribution in [-0.2, 0) is 15.2 Å². The Morgan fingerprint density at radius 1 is 0.696 bits per heavy atom. The topological polar surface area (TPSA) is 91.7 Å². The average Bonchev–Trinajstić information content (AvgIpc) is 2.40. The van der Waals surface area contributed by atoms with Crippen LogP contribution in [0.5, 0.6) is 0 Å². The molecule has 0 aliphatic heterocycles. The Balaban J connectivity index is -0.000000168. The third-order valence-electron chi connectivity index (χ3n) is 2.96. The summed E-state index contributed by atoms with van der Waals surface area (Å²) in [5.74, 6) is 0. The number of unbranched alkanes of at least 4 members (excludes halogenated alkanes) is 11. The molecule has 2 N–H and O–H groups in total. The Kier molecular flexibility index (Phi) is 37.3. The molecular weight excluding hydrogens is 327 g/mol. The molecule has 138 valence electrons. The van der Waals surface area contributed by atoms with Gasteiger partial charge in [-0.05, 0) is 6.92 Å². The molecule has 0 bridgehead atoms. The van der Waals surface area contributed by atoms with Crippen LogP contribution in [-0.4, -0.2) is 53.4 Å². The van der Waals surface area contributed by atoms with E-state index >= 15 is 0 Å². The average molecular weight is 365 g/mol. The Hall–Kier alpha value is 0.540. The number of carbonyl (C=O) groups is 1. The van der Waals surface area contributed by atoms with E-state index in [0.717, 1.165) is 6.29 Å². The van der Waals surface area contributed by atoms with Gasteiger partial charge in [-0.2, -0.15) is 8.42 Å². The monoisotopic (exact) mass is 364 g/mol. The fourth-order valence-corrected chi connectivity index (χ4v) is 1.91. The normalized spacial score (nSPS) is 9.61. The maximum atomic E-state index is 8.81. The van der Waals surface area contributed by atoms with Crippen LogP contribution in [0.1, 0.15) is 97.8 Å². The fourth-order valence-electron chi connectivity index (χ4n) is 1.91. The molecule has 5 nitrogen and oxygen atoms in total. The zero-order valence-corrected chi connectivity index (χ0v) is 15.4. The Labute approximate surface area is 165 Å². The Morgan fingerprint density at radius 3 is 0.957 bits per heavy atom. The summed E-state index contributed by atoms with van der Waals surface area (Å²) in [4.78, 5) is 8.81. The van der Waals surface area contributed by atoms with Crippen LogP contribution in [0.2, 0.25) is 0 Å². The molecule has 0 atom stereocenters. The van der Waals surface area contributed by atoms with Crippen LogP contribution in [0.4, 0.5) is 0 Å². The number of hydrogen-bond donors (Lipinski definition) is 2. The van der Waals surface area contributed by atoms with Gasteiger partial charge in [0.15, 0.2) is 0 Å². The molecule has 0 saturated heterocycles. The Morgan fingerprint density at radius 2 is 0.826 bits per heavy atom. The predicted octanol–water partition coefficient (Wildman–Crippen LogP) is 4.61. The van der Waals surface area contributed by atoms with Crippen LogP contribution >= 0.6 is 0 Å². The summed E-state index contributed by atoms with van der Waals surface area (Å²) < 4.78 is 31.6. The molecule has 0 aliphatic carbocycles. The molecular formula is C16H37NaO5S. The fraction of sp³-hybridized carbons (Fsp3) is 0.938. The minimum atomic E-state index is -4.67. The van der Waals surface area contributed by atoms with Crippen molar-refractivity contribution in [3.05, 3.63) is 0 Å². The number of hydrogen-bond acceptors (Lipinski definition) is 3. The van der Waals surface area contributed by atoms with E-state index in [1.807, 2.05) is 0 Å². The second-order valence-electron chi connectivity index (χ2n) is 5.22. The molecule has 0 aromatic rings. The summed E-state index contributed by atoms with van der Waals surface area (Å²) in [7, 11) is -4.67. The van der Waals surface area contributed by atoms with Crippen molar-refractivity contribution in [2.24, 2.45) is 0 Å². The molecule has 0 spiro atoms. The molecule has 23 heavy (non-hydrogen) atoms. The van der Waals surface area contributed by atoms with E-state index in [-0.39, 0.29) is 29.6 Å². The van der Waals surface area contributed by atoms with E-state index in [1.165, 1.54) is 84.0 Å². The van der Waals surface area contributed by atoms with Gasteiger partial charge in [0, 0.05) is 0 Å². The van der Waals surface area contributed by atoms with Gasteiger partial charge in [-0.3, -0.25) is 9.11 Å². The molecule has 7 heteroatoms. The minimum absolute atomic E-state index is 0. The molecule has 0 aliphatic rings. The second kappa shape index (κ2) is 27.4. The zero-order valence-electron chi connectivity index (χ0n) is 14.6. The standard InChI is InChI=1S/C14H30.C2H4O.Na.H2O4S.H/c1-3-5-7-9-11-13-14-12-10-8-6-4-2;1-2-3;;1-5(2,3)4;/h3-14H2,1-2H3;2H,1H3;;(H2,1,2,3,4);. The van der Waals surface area contributed by atoms with Gasteiger partial charge in [0.2, 0.25) is 0 Å². The van der Waals surface area contributed by atoms with Crippen molar-refractivity contribution in [3.8, 4) is 0 Å². The third kappa shape index (κ3) is 71.4. The van der Waals surface area contributed by atoms with Crippen molar-refractivity contribution >= 4 is 46.2 Å². The van der Waals surface area contributed by atoms with E-state index in [1.54, 1.807) is 0 Å². The molecule has 0 rings (SSSR count). The van der Waals surface area contributed by atoms with E-state index in [4.69, 9.17) is 22.3 Å². The molecule has 0 saturated carbocycles. The van der Waals surface area contributed by atoms with Crippen molar-refractivity contribution in [2.75, 3.05) is 0 Å². The summed E-state index contributed by atoms with van der Waals surface area (Å²) in [6.45, 7) is 6.02. The van der Waals surface area contributed by atoms with Crippen LogP contribution in [0, 0.1) is 0 Å². The maximum absolute atomic E-state index is 8.81. The van der Waals surface area contributed by atoms with Gasteiger partial charge in [-0.15, -0.1) is 0 Å². The quantitative estimate of drug-likeness (QED) is 0.242. The first kappa shape index (κ1) is 31.3. The van der Waals surface area contributed by atoms with Crippen LogP contribution in [0.15, 0.2) is 0 Å². The first-order valence-corrected chi connectivity index (χ1v) is 9.82. The van der Waals surface area contributed by atoms with Gasteiger partial charge in [-0.1, -0.05) is 90.9 Å². The van der Waals surface area contributed by atoms with E-state index in [9.17, 15) is 0 Å². The number of aldehydes is 1. The van der Waals surface area contributed by atoms with Crippen LogP contribution < -0.4 is 0 Å². The molecule has 0 aromatic heterocycles. The Bertz CT molecular complexity index is 275. The first-order valence-electron chi connectivity index (χ1n) is 8.43. The summed E-state index contributed by atoms with van der Waals surface area (Å²) in [5, 5.41) is 0. The molecule has 0 fully saturated rings. The van der Waals surface area contributed by atoms with Gasteiger partial charge in [-0.25, -0.2) is 0 Å². The molecule has 0 heterocycles. The van der Waals surface area contributed by atoms with Gasteiger partial charge >= 0.3 is 40.0 Å². The van der Waals surface area contributed by atoms with E-state index in [2.05, 4.69) is 13.8 Å². The summed E-state index contributed by atoms with van der Waals surface area (Å²) >= 11 is 0. The van der Waals surface area contributed by atoms with Crippen LogP contribution in [0.25, 0.3) is 0 Å². The second-order valence-corrected chi connectivity index (χ2v) is 6.11. The summed E-state index contributed by atoms with van der Waals surface area (Å²) in [5.41, 5.74) is 0. The molecule has 0 radical (unpaired) electrons. The molecule has 0 amide bonds. The van der Waals surface area contributed by atoms with E-state index in [0.29, 0.717) is 0 Å². The first-order chi connectivity index (χ1) is 10.3. The van der Waals surface area contributed by atoms with Crippen molar-refractivity contribution in [1.82, 2.24) is 0 Å². The van der Waals surface area contributed by atoms with Crippen molar-refractivity contribution in [1.29, 1.82) is 0 Å².